The van der Waals surface area contributed by atoms with Gasteiger partial charge in [-0.25, -0.2) is 0 Å². The Morgan fingerprint density at radius 2 is 1.60 bits per heavy atom. The molecule has 1 saturated heterocycles. The molecule has 2 aromatic rings. The minimum absolute atomic E-state index is 0.0545. The summed E-state index contributed by atoms with van der Waals surface area (Å²) in [6.45, 7) is 11.9. The van der Waals surface area contributed by atoms with Gasteiger partial charge in [0.05, 0.1) is 7.11 Å². The molecule has 0 spiro atoms. The summed E-state index contributed by atoms with van der Waals surface area (Å²) in [6, 6.07) is 13.7. The van der Waals surface area contributed by atoms with Crippen molar-refractivity contribution in [1.29, 1.82) is 0 Å². The summed E-state index contributed by atoms with van der Waals surface area (Å²) in [5, 5.41) is 3.15. The molecule has 0 radical (unpaired) electrons. The number of anilines is 1. The third kappa shape index (κ3) is 5.74. The fraction of sp³-hybridized carbons (Fsp3) is 0.458. The molecule has 0 unspecified atom stereocenters. The molecule has 2 aromatic carbocycles. The Bertz CT molecular complexity index is 810. The number of hydrogen-bond donors (Lipinski definition) is 3. The Morgan fingerprint density at radius 3 is 2.20 bits per heavy atom. The summed E-state index contributed by atoms with van der Waals surface area (Å²) < 4.78 is 11.0. The number of para-hydroxylation sites is 1. The Kier molecular flexibility index (Phi) is 7.71. The number of rotatable bonds is 8. The summed E-state index contributed by atoms with van der Waals surface area (Å²) in [6.07, 6.45) is 0. The molecule has 0 aliphatic carbocycles. The number of quaternary nitrogens is 2. The minimum Gasteiger partial charge on any atom is -0.497 e. The molecule has 0 saturated carbocycles. The number of methoxy groups -OCH3 is 1. The predicted molar refractivity (Wildman–Crippen MR) is 119 cm³/mol. The first kappa shape index (κ1) is 22.1. The van der Waals surface area contributed by atoms with E-state index < -0.39 is 0 Å². The number of aryl methyl sites for hydroxylation is 2. The number of benzene rings is 2. The highest BCUT2D eigenvalue weighted by Crippen LogP contribution is 2.19. The smallest absolute Gasteiger partial charge is 0.282 e. The zero-order valence-electron chi connectivity index (χ0n) is 18.6. The van der Waals surface area contributed by atoms with Gasteiger partial charge in [0.15, 0.2) is 6.04 Å². The second-order valence-corrected chi connectivity index (χ2v) is 8.16. The van der Waals surface area contributed by atoms with Gasteiger partial charge in [-0.1, -0.05) is 18.2 Å². The summed E-state index contributed by atoms with van der Waals surface area (Å²) in [5.41, 5.74) is 3.17. The van der Waals surface area contributed by atoms with Gasteiger partial charge < -0.3 is 24.6 Å². The normalized spacial score (nSPS) is 19.7. The third-order valence-corrected chi connectivity index (χ3v) is 6.12. The monoisotopic (exact) mass is 413 g/mol. The van der Waals surface area contributed by atoms with E-state index in [9.17, 15) is 4.79 Å². The number of hydrogen-bond acceptors (Lipinski definition) is 3. The van der Waals surface area contributed by atoms with Crippen molar-refractivity contribution in [2.24, 2.45) is 0 Å². The first-order valence-corrected chi connectivity index (χ1v) is 10.8. The lowest BCUT2D eigenvalue weighted by Gasteiger charge is -2.32. The predicted octanol–water partition coefficient (Wildman–Crippen LogP) is 0.501. The van der Waals surface area contributed by atoms with Gasteiger partial charge in [0.2, 0.25) is 0 Å². The first-order chi connectivity index (χ1) is 14.5. The number of carbonyl (C=O) groups excluding carboxylic acids is 1. The van der Waals surface area contributed by atoms with E-state index >= 15 is 0 Å². The molecule has 30 heavy (non-hydrogen) atoms. The molecule has 1 aliphatic heterocycles. The molecule has 6 heteroatoms. The van der Waals surface area contributed by atoms with Crippen molar-refractivity contribution in [3.8, 4) is 11.5 Å². The summed E-state index contributed by atoms with van der Waals surface area (Å²) in [7, 11) is 1.66. The fourth-order valence-corrected chi connectivity index (χ4v) is 4.02. The number of nitrogens with one attached hydrogen (secondary N) is 3. The van der Waals surface area contributed by atoms with Crippen LogP contribution in [0.5, 0.6) is 11.5 Å². The minimum atomic E-state index is -0.0545. The summed E-state index contributed by atoms with van der Waals surface area (Å²) in [5.74, 6) is 1.81. The highest BCUT2D eigenvalue weighted by Gasteiger charge is 2.31. The van der Waals surface area contributed by atoms with E-state index in [1.165, 1.54) is 9.80 Å². The van der Waals surface area contributed by atoms with E-state index in [0.29, 0.717) is 6.61 Å². The molecule has 3 N–H and O–H groups in total. The van der Waals surface area contributed by atoms with Crippen molar-refractivity contribution < 1.29 is 24.1 Å². The van der Waals surface area contributed by atoms with Crippen LogP contribution in [-0.4, -0.2) is 58.4 Å². The van der Waals surface area contributed by atoms with Crippen LogP contribution in [0.15, 0.2) is 42.5 Å². The van der Waals surface area contributed by atoms with E-state index in [1.807, 2.05) is 63.2 Å². The molecule has 3 rings (SSSR count). The van der Waals surface area contributed by atoms with Crippen molar-refractivity contribution >= 4 is 11.6 Å². The maximum Gasteiger partial charge on any atom is 0.282 e. The van der Waals surface area contributed by atoms with Gasteiger partial charge in [-0.3, -0.25) is 4.79 Å². The van der Waals surface area contributed by atoms with E-state index in [2.05, 4.69) is 5.32 Å². The quantitative estimate of drug-likeness (QED) is 0.591. The number of carbonyl (C=O) groups is 1. The molecule has 1 atom stereocenters. The third-order valence-electron chi connectivity index (χ3n) is 6.12. The van der Waals surface area contributed by atoms with Gasteiger partial charge >= 0.3 is 0 Å². The summed E-state index contributed by atoms with van der Waals surface area (Å²) >= 11 is 0. The zero-order valence-corrected chi connectivity index (χ0v) is 18.6. The highest BCUT2D eigenvalue weighted by molar-refractivity contribution is 5.95. The van der Waals surface area contributed by atoms with Crippen molar-refractivity contribution in [3.05, 3.63) is 53.6 Å². The average Bonchev–Trinajstić information content (AvgIpc) is 2.76. The number of ether oxygens (including phenoxy) is 2. The lowest BCUT2D eigenvalue weighted by atomic mass is 10.1. The van der Waals surface area contributed by atoms with Crippen LogP contribution in [-0.2, 0) is 4.79 Å². The van der Waals surface area contributed by atoms with Crippen LogP contribution in [0, 0.1) is 13.8 Å². The Morgan fingerprint density at radius 1 is 1.00 bits per heavy atom. The Hall–Kier alpha value is -2.57. The van der Waals surface area contributed by atoms with Crippen LogP contribution in [0.2, 0.25) is 0 Å². The molecular formula is C24H35N3O3+2. The molecule has 1 aliphatic rings. The van der Waals surface area contributed by atoms with Crippen LogP contribution < -0.4 is 24.6 Å². The van der Waals surface area contributed by atoms with Crippen molar-refractivity contribution in [1.82, 2.24) is 0 Å². The molecule has 1 heterocycles. The molecule has 0 bridgehead atoms. The lowest BCUT2D eigenvalue weighted by molar-refractivity contribution is -1.02. The van der Waals surface area contributed by atoms with Gasteiger partial charge in [0, 0.05) is 5.69 Å². The van der Waals surface area contributed by atoms with Crippen LogP contribution >= 0.6 is 0 Å². The van der Waals surface area contributed by atoms with Crippen molar-refractivity contribution in [3.63, 3.8) is 0 Å². The largest absolute Gasteiger partial charge is 0.497 e. The molecular weight excluding hydrogens is 378 g/mol. The van der Waals surface area contributed by atoms with E-state index in [4.69, 9.17) is 9.47 Å². The fourth-order valence-electron chi connectivity index (χ4n) is 4.02. The number of piperazine rings is 1. The van der Waals surface area contributed by atoms with Crippen LogP contribution in [0.1, 0.15) is 18.1 Å². The van der Waals surface area contributed by atoms with E-state index in [-0.39, 0.29) is 11.9 Å². The number of amides is 1. The van der Waals surface area contributed by atoms with Gasteiger partial charge in [0.1, 0.15) is 50.8 Å². The van der Waals surface area contributed by atoms with Crippen LogP contribution in [0.3, 0.4) is 0 Å². The highest BCUT2D eigenvalue weighted by atomic mass is 16.5. The topological polar surface area (TPSA) is 56.4 Å². The maximum atomic E-state index is 12.8. The Balaban J connectivity index is 1.41. The lowest BCUT2D eigenvalue weighted by Crippen LogP contribution is -3.30. The van der Waals surface area contributed by atoms with Crippen LogP contribution in [0.25, 0.3) is 0 Å². The zero-order chi connectivity index (χ0) is 21.5. The van der Waals surface area contributed by atoms with E-state index in [0.717, 1.165) is 61.0 Å². The average molecular weight is 414 g/mol. The van der Waals surface area contributed by atoms with Gasteiger partial charge in [-0.2, -0.15) is 0 Å². The van der Waals surface area contributed by atoms with Crippen molar-refractivity contribution in [2.75, 3.05) is 51.8 Å². The SMILES string of the molecule is COc1ccc(OCC[NH+]2CC[NH+]([C@H](C)C(=O)Nc3c(C)cccc3C)CC2)cc1. The Labute approximate surface area is 179 Å². The maximum absolute atomic E-state index is 12.8. The molecule has 1 fully saturated rings. The van der Waals surface area contributed by atoms with Gasteiger partial charge in [-0.15, -0.1) is 0 Å². The van der Waals surface area contributed by atoms with Gasteiger partial charge in [0.25, 0.3) is 5.91 Å². The van der Waals surface area contributed by atoms with E-state index in [1.54, 1.807) is 7.11 Å². The molecule has 6 nitrogen and oxygen atoms in total. The molecule has 0 aromatic heterocycles. The summed E-state index contributed by atoms with van der Waals surface area (Å²) in [4.78, 5) is 15.7. The second-order valence-electron chi connectivity index (χ2n) is 8.16. The standard InChI is InChI=1S/C24H33N3O3/c1-18-6-5-7-19(2)23(18)25-24(28)20(3)27-14-12-26(13-15-27)16-17-30-22-10-8-21(29-4)9-11-22/h5-11,20H,12-17H2,1-4H3,(H,25,28)/p+2/t20-/m1/s1. The van der Waals surface area contributed by atoms with Gasteiger partial charge in [-0.05, 0) is 56.2 Å². The van der Waals surface area contributed by atoms with Crippen molar-refractivity contribution in [2.45, 2.75) is 26.8 Å². The second kappa shape index (κ2) is 10.5. The molecule has 162 valence electrons. The molecule has 1 amide bonds. The first-order valence-electron chi connectivity index (χ1n) is 10.8. The van der Waals surface area contributed by atoms with Crippen LogP contribution in [0.4, 0.5) is 5.69 Å².